The van der Waals surface area contributed by atoms with Crippen LogP contribution in [0.5, 0.6) is 0 Å². The van der Waals surface area contributed by atoms with Crippen molar-refractivity contribution < 1.29 is 18.0 Å². The zero-order valence-electron chi connectivity index (χ0n) is 15.3. The molecule has 0 radical (unpaired) electrons. The summed E-state index contributed by atoms with van der Waals surface area (Å²) >= 11 is 0. The van der Waals surface area contributed by atoms with Crippen molar-refractivity contribution in [1.29, 1.82) is 0 Å². The molecule has 1 saturated carbocycles. The molecular weight excluding hydrogens is 352 g/mol. The zero-order chi connectivity index (χ0) is 19.0. The van der Waals surface area contributed by atoms with Crippen LogP contribution in [0.4, 0.5) is 0 Å². The predicted octanol–water partition coefficient (Wildman–Crippen LogP) is 2.64. The van der Waals surface area contributed by atoms with E-state index in [9.17, 15) is 18.0 Å². The Bertz CT molecular complexity index is 725. The Hall–Kier alpha value is -1.73. The first-order valence-electron chi connectivity index (χ1n) is 9.26. The van der Waals surface area contributed by atoms with Gasteiger partial charge in [-0.2, -0.15) is 0 Å². The third kappa shape index (κ3) is 6.53. The fourth-order valence-electron chi connectivity index (χ4n) is 3.27. The third-order valence-electron chi connectivity index (χ3n) is 4.78. The van der Waals surface area contributed by atoms with Gasteiger partial charge < -0.3 is 5.32 Å². The first kappa shape index (κ1) is 20.6. The smallest absolute Gasteiger partial charge is 0.240 e. The first-order valence-corrected chi connectivity index (χ1v) is 10.7. The average molecular weight is 381 g/mol. The molecule has 2 N–H and O–H groups in total. The summed E-state index contributed by atoms with van der Waals surface area (Å²) in [7, 11) is -3.73. The molecule has 7 heteroatoms. The van der Waals surface area contributed by atoms with Crippen molar-refractivity contribution in [2.24, 2.45) is 5.92 Å². The number of sulfonamides is 1. The maximum atomic E-state index is 12.2. The van der Waals surface area contributed by atoms with Gasteiger partial charge in [-0.1, -0.05) is 37.8 Å². The molecule has 0 aliphatic heterocycles. The predicted molar refractivity (Wildman–Crippen MR) is 100 cm³/mol. The lowest BCUT2D eigenvalue weighted by atomic mass is 10.0. The molecule has 0 unspecified atom stereocenters. The fraction of sp³-hybridized carbons (Fsp3) is 0.579. The van der Waals surface area contributed by atoms with Crippen LogP contribution in [0, 0.1) is 5.92 Å². The summed E-state index contributed by atoms with van der Waals surface area (Å²) in [5, 5.41) is 2.84. The van der Waals surface area contributed by atoms with Crippen molar-refractivity contribution in [3.63, 3.8) is 0 Å². The Kier molecular flexibility index (Phi) is 7.78. The summed E-state index contributed by atoms with van der Waals surface area (Å²) in [6, 6.07) is 5.87. The van der Waals surface area contributed by atoms with Gasteiger partial charge in [0, 0.05) is 25.1 Å². The van der Waals surface area contributed by atoms with Gasteiger partial charge in [0.1, 0.15) is 0 Å². The Morgan fingerprint density at radius 2 is 1.88 bits per heavy atom. The highest BCUT2D eigenvalue weighted by atomic mass is 32.2. The van der Waals surface area contributed by atoms with E-state index in [2.05, 4.69) is 10.0 Å². The summed E-state index contributed by atoms with van der Waals surface area (Å²) in [4.78, 5) is 23.2. The molecule has 1 aromatic carbocycles. The van der Waals surface area contributed by atoms with Crippen LogP contribution >= 0.6 is 0 Å². The summed E-state index contributed by atoms with van der Waals surface area (Å²) in [6.45, 7) is 2.06. The molecule has 1 aliphatic rings. The lowest BCUT2D eigenvalue weighted by Gasteiger charge is -2.10. The number of benzene rings is 1. The van der Waals surface area contributed by atoms with Crippen LogP contribution in [-0.2, 0) is 14.8 Å². The number of rotatable bonds is 10. The van der Waals surface area contributed by atoms with Crippen molar-refractivity contribution in [1.82, 2.24) is 10.0 Å². The van der Waals surface area contributed by atoms with Gasteiger partial charge in [-0.25, -0.2) is 13.1 Å². The molecule has 1 fully saturated rings. The van der Waals surface area contributed by atoms with E-state index in [1.54, 1.807) is 6.07 Å². The van der Waals surface area contributed by atoms with Crippen LogP contribution in [0.25, 0.3) is 0 Å². The molecule has 0 aromatic heterocycles. The Morgan fingerprint density at radius 1 is 1.15 bits per heavy atom. The van der Waals surface area contributed by atoms with Gasteiger partial charge >= 0.3 is 0 Å². The van der Waals surface area contributed by atoms with Crippen molar-refractivity contribution in [3.8, 4) is 0 Å². The van der Waals surface area contributed by atoms with E-state index in [4.69, 9.17) is 0 Å². The number of ketones is 1. The van der Waals surface area contributed by atoms with Crippen LogP contribution in [0.15, 0.2) is 29.2 Å². The summed E-state index contributed by atoms with van der Waals surface area (Å²) in [6.07, 6.45) is 7.48. The van der Waals surface area contributed by atoms with Gasteiger partial charge in [0.15, 0.2) is 5.78 Å². The van der Waals surface area contributed by atoms with E-state index in [1.807, 2.05) is 0 Å². The van der Waals surface area contributed by atoms with Crippen LogP contribution < -0.4 is 10.0 Å². The van der Waals surface area contributed by atoms with Gasteiger partial charge in [-0.05, 0) is 37.8 Å². The SMILES string of the molecule is CC(=O)c1cccc(S(=O)(=O)NCCC(=O)NCCCC2CCCC2)c1. The van der Waals surface area contributed by atoms with Crippen molar-refractivity contribution in [2.75, 3.05) is 13.1 Å². The molecule has 144 valence electrons. The molecule has 26 heavy (non-hydrogen) atoms. The maximum Gasteiger partial charge on any atom is 0.240 e. The highest BCUT2D eigenvalue weighted by molar-refractivity contribution is 7.89. The second-order valence-corrected chi connectivity index (χ2v) is 8.64. The molecule has 2 rings (SSSR count). The van der Waals surface area contributed by atoms with E-state index in [1.165, 1.54) is 50.8 Å². The van der Waals surface area contributed by atoms with E-state index in [0.717, 1.165) is 18.8 Å². The summed E-state index contributed by atoms with van der Waals surface area (Å²) < 4.78 is 26.9. The third-order valence-corrected chi connectivity index (χ3v) is 6.24. The van der Waals surface area contributed by atoms with E-state index in [-0.39, 0.29) is 29.6 Å². The zero-order valence-corrected chi connectivity index (χ0v) is 16.1. The fourth-order valence-corrected chi connectivity index (χ4v) is 4.35. The summed E-state index contributed by atoms with van der Waals surface area (Å²) in [5.41, 5.74) is 0.341. The van der Waals surface area contributed by atoms with Crippen LogP contribution in [-0.4, -0.2) is 33.2 Å². The van der Waals surface area contributed by atoms with Gasteiger partial charge in [0.25, 0.3) is 0 Å². The number of Topliss-reactive ketones (excluding diaryl/α,β-unsaturated/α-hetero) is 1. The number of amides is 1. The molecule has 0 saturated heterocycles. The highest BCUT2D eigenvalue weighted by Gasteiger charge is 2.16. The molecule has 6 nitrogen and oxygen atoms in total. The van der Waals surface area contributed by atoms with Gasteiger partial charge in [0.05, 0.1) is 4.90 Å². The lowest BCUT2D eigenvalue weighted by Crippen LogP contribution is -2.31. The average Bonchev–Trinajstić information content (AvgIpc) is 3.12. The molecule has 1 amide bonds. The summed E-state index contributed by atoms with van der Waals surface area (Å²) in [5.74, 6) is 0.458. The quantitative estimate of drug-likeness (QED) is 0.482. The van der Waals surface area contributed by atoms with Crippen LogP contribution in [0.3, 0.4) is 0 Å². The minimum atomic E-state index is -3.73. The molecular formula is C19H28N2O4S. The number of hydrogen-bond donors (Lipinski definition) is 2. The maximum absolute atomic E-state index is 12.2. The van der Waals surface area contributed by atoms with Gasteiger partial charge in [-0.3, -0.25) is 9.59 Å². The minimum absolute atomic E-state index is 0.0289. The van der Waals surface area contributed by atoms with E-state index in [0.29, 0.717) is 12.1 Å². The number of carbonyl (C=O) groups excluding carboxylic acids is 2. The topological polar surface area (TPSA) is 92.3 Å². The van der Waals surface area contributed by atoms with E-state index < -0.39 is 10.0 Å². The van der Waals surface area contributed by atoms with Crippen molar-refractivity contribution >= 4 is 21.7 Å². The standard InChI is InChI=1S/C19H28N2O4S/c1-15(22)17-9-4-10-18(14-17)26(24,25)21-13-11-19(23)20-12-5-8-16-6-2-3-7-16/h4,9-10,14,16,21H,2-3,5-8,11-13H2,1H3,(H,20,23). The first-order chi connectivity index (χ1) is 12.4. The highest BCUT2D eigenvalue weighted by Crippen LogP contribution is 2.28. The van der Waals surface area contributed by atoms with Crippen LogP contribution in [0.1, 0.15) is 62.2 Å². The number of nitrogens with one attached hydrogen (secondary N) is 2. The molecule has 1 aliphatic carbocycles. The second kappa shape index (κ2) is 9.83. The molecule has 0 heterocycles. The van der Waals surface area contributed by atoms with Gasteiger partial charge in [-0.15, -0.1) is 0 Å². The van der Waals surface area contributed by atoms with E-state index >= 15 is 0 Å². The molecule has 1 aromatic rings. The molecule has 0 atom stereocenters. The Balaban J connectivity index is 1.69. The van der Waals surface area contributed by atoms with Gasteiger partial charge in [0.2, 0.25) is 15.9 Å². The lowest BCUT2D eigenvalue weighted by molar-refractivity contribution is -0.120. The van der Waals surface area contributed by atoms with Crippen molar-refractivity contribution in [3.05, 3.63) is 29.8 Å². The van der Waals surface area contributed by atoms with Crippen LogP contribution in [0.2, 0.25) is 0 Å². The van der Waals surface area contributed by atoms with Crippen molar-refractivity contribution in [2.45, 2.75) is 56.8 Å². The monoisotopic (exact) mass is 380 g/mol. The Labute approximate surface area is 155 Å². The molecule has 0 spiro atoms. The normalized spacial score (nSPS) is 15.1. The number of carbonyl (C=O) groups is 2. The minimum Gasteiger partial charge on any atom is -0.356 e. The molecule has 0 bridgehead atoms. The number of hydrogen-bond acceptors (Lipinski definition) is 4. The Morgan fingerprint density at radius 3 is 2.58 bits per heavy atom. The second-order valence-electron chi connectivity index (χ2n) is 6.87. The largest absolute Gasteiger partial charge is 0.356 e.